The summed E-state index contributed by atoms with van der Waals surface area (Å²) in [5, 5.41) is 0. The minimum atomic E-state index is 0.467. The van der Waals surface area contributed by atoms with Crippen LogP contribution in [0.2, 0.25) is 0 Å². The lowest BCUT2D eigenvalue weighted by molar-refractivity contribution is 0.108. The summed E-state index contributed by atoms with van der Waals surface area (Å²) >= 11 is 0. The molecule has 0 amide bonds. The van der Waals surface area contributed by atoms with Crippen LogP contribution in [0.5, 0.6) is 5.88 Å². The van der Waals surface area contributed by atoms with Gasteiger partial charge in [-0.05, 0) is 20.8 Å². The second kappa shape index (κ2) is 5.50. The number of hydrogen-bond donors (Lipinski definition) is 1. The Bertz CT molecular complexity index is 329. The molecule has 0 aliphatic rings. The van der Waals surface area contributed by atoms with Crippen LogP contribution in [0.25, 0.3) is 0 Å². The molecule has 5 nitrogen and oxygen atoms in total. The van der Waals surface area contributed by atoms with Gasteiger partial charge in [0.1, 0.15) is 18.2 Å². The highest BCUT2D eigenvalue weighted by molar-refractivity contribution is 5.44. The topological polar surface area (TPSA) is 70.3 Å². The first kappa shape index (κ1) is 11.7. The third kappa shape index (κ3) is 3.36. The molecule has 0 aliphatic heterocycles. The third-order valence-electron chi connectivity index (χ3n) is 1.92. The van der Waals surface area contributed by atoms with Gasteiger partial charge in [0.15, 0.2) is 0 Å². The third-order valence-corrected chi connectivity index (χ3v) is 1.92. The number of aromatic nitrogens is 2. The number of hydrogen-bond acceptors (Lipinski definition) is 5. The molecule has 1 aromatic heterocycles. The van der Waals surface area contributed by atoms with Crippen LogP contribution in [-0.2, 0) is 4.74 Å². The monoisotopic (exact) mass is 211 g/mol. The zero-order valence-electron chi connectivity index (χ0n) is 9.41. The van der Waals surface area contributed by atoms with Crippen molar-refractivity contribution < 1.29 is 9.47 Å². The number of nitrogens with two attached hydrogens (primary N) is 1. The first-order valence-electron chi connectivity index (χ1n) is 4.96. The van der Waals surface area contributed by atoms with Crippen molar-refractivity contribution in [3.05, 3.63) is 11.4 Å². The van der Waals surface area contributed by atoms with E-state index in [4.69, 9.17) is 15.2 Å². The molecule has 0 unspecified atom stereocenters. The van der Waals surface area contributed by atoms with E-state index in [1.54, 1.807) is 6.92 Å². The number of ether oxygens (including phenoxy) is 2. The number of rotatable bonds is 5. The van der Waals surface area contributed by atoms with Crippen LogP contribution in [0, 0.1) is 13.8 Å². The molecule has 0 radical (unpaired) electrons. The van der Waals surface area contributed by atoms with Crippen LogP contribution in [-0.4, -0.2) is 29.8 Å². The summed E-state index contributed by atoms with van der Waals surface area (Å²) < 4.78 is 10.6. The lowest BCUT2D eigenvalue weighted by Crippen LogP contribution is -2.10. The zero-order chi connectivity index (χ0) is 11.3. The van der Waals surface area contributed by atoms with E-state index in [1.165, 1.54) is 0 Å². The van der Waals surface area contributed by atoms with E-state index in [1.807, 2.05) is 13.8 Å². The standard InChI is InChI=1S/C10H17N3O2/c1-4-14-5-6-15-10-7(2)9(11)12-8(3)13-10/h4-6H2,1-3H3,(H2,11,12,13). The van der Waals surface area contributed by atoms with E-state index < -0.39 is 0 Å². The van der Waals surface area contributed by atoms with Crippen LogP contribution in [0.3, 0.4) is 0 Å². The Kier molecular flexibility index (Phi) is 4.30. The van der Waals surface area contributed by atoms with Gasteiger partial charge in [0.25, 0.3) is 0 Å². The maximum atomic E-state index is 5.69. The molecule has 0 saturated heterocycles. The largest absolute Gasteiger partial charge is 0.475 e. The smallest absolute Gasteiger partial charge is 0.221 e. The van der Waals surface area contributed by atoms with Gasteiger partial charge in [0.2, 0.25) is 5.88 Å². The molecule has 0 spiro atoms. The second-order valence-corrected chi connectivity index (χ2v) is 3.13. The van der Waals surface area contributed by atoms with E-state index in [0.29, 0.717) is 37.3 Å². The molecule has 1 aromatic rings. The normalized spacial score (nSPS) is 10.3. The Hall–Kier alpha value is -1.36. The van der Waals surface area contributed by atoms with Gasteiger partial charge in [0, 0.05) is 6.61 Å². The van der Waals surface area contributed by atoms with Crippen molar-refractivity contribution in [1.29, 1.82) is 0 Å². The first-order valence-corrected chi connectivity index (χ1v) is 4.96. The molecule has 0 fully saturated rings. The molecule has 0 bridgehead atoms. The fourth-order valence-electron chi connectivity index (χ4n) is 1.11. The van der Waals surface area contributed by atoms with E-state index in [-0.39, 0.29) is 0 Å². The Morgan fingerprint density at radius 3 is 2.60 bits per heavy atom. The molecule has 0 atom stereocenters. The van der Waals surface area contributed by atoms with Crippen molar-refractivity contribution in [2.45, 2.75) is 20.8 Å². The summed E-state index contributed by atoms with van der Waals surface area (Å²) in [7, 11) is 0. The Balaban J connectivity index is 2.60. The van der Waals surface area contributed by atoms with Crippen LogP contribution in [0.4, 0.5) is 5.82 Å². The highest BCUT2D eigenvalue weighted by Gasteiger charge is 2.07. The maximum absolute atomic E-state index is 5.69. The SMILES string of the molecule is CCOCCOc1nc(C)nc(N)c1C. The van der Waals surface area contributed by atoms with Crippen molar-refractivity contribution in [2.75, 3.05) is 25.6 Å². The minimum Gasteiger partial charge on any atom is -0.475 e. The summed E-state index contributed by atoms with van der Waals surface area (Å²) in [5.74, 6) is 1.62. The van der Waals surface area contributed by atoms with E-state index >= 15 is 0 Å². The molecule has 15 heavy (non-hydrogen) atoms. The lowest BCUT2D eigenvalue weighted by atomic mass is 10.3. The molecule has 1 rings (SSSR count). The maximum Gasteiger partial charge on any atom is 0.221 e. The predicted molar refractivity (Wildman–Crippen MR) is 57.9 cm³/mol. The van der Waals surface area contributed by atoms with Gasteiger partial charge >= 0.3 is 0 Å². The summed E-state index contributed by atoms with van der Waals surface area (Å²) in [6.45, 7) is 7.28. The minimum absolute atomic E-state index is 0.467. The zero-order valence-corrected chi connectivity index (χ0v) is 9.41. The van der Waals surface area contributed by atoms with Crippen molar-refractivity contribution in [3.63, 3.8) is 0 Å². The van der Waals surface area contributed by atoms with Gasteiger partial charge in [-0.1, -0.05) is 0 Å². The van der Waals surface area contributed by atoms with Crippen LogP contribution in [0.1, 0.15) is 18.3 Å². The predicted octanol–water partition coefficient (Wildman–Crippen LogP) is 1.09. The van der Waals surface area contributed by atoms with Crippen molar-refractivity contribution in [2.24, 2.45) is 0 Å². The first-order chi connectivity index (χ1) is 7.15. The fourth-order valence-corrected chi connectivity index (χ4v) is 1.11. The molecule has 5 heteroatoms. The van der Waals surface area contributed by atoms with E-state index in [2.05, 4.69) is 9.97 Å². The Morgan fingerprint density at radius 2 is 1.93 bits per heavy atom. The molecule has 1 heterocycles. The summed E-state index contributed by atoms with van der Waals surface area (Å²) in [4.78, 5) is 8.20. The number of nitrogens with zero attached hydrogens (tertiary/aromatic N) is 2. The summed E-state index contributed by atoms with van der Waals surface area (Å²) in [6, 6.07) is 0. The molecule has 0 aromatic carbocycles. The van der Waals surface area contributed by atoms with Gasteiger partial charge in [0.05, 0.1) is 12.2 Å². The van der Waals surface area contributed by atoms with Crippen molar-refractivity contribution in [3.8, 4) is 5.88 Å². The van der Waals surface area contributed by atoms with Crippen LogP contribution >= 0.6 is 0 Å². The quantitative estimate of drug-likeness (QED) is 0.738. The molecular weight excluding hydrogens is 194 g/mol. The van der Waals surface area contributed by atoms with Crippen molar-refractivity contribution >= 4 is 5.82 Å². The molecule has 0 aliphatic carbocycles. The molecular formula is C10H17N3O2. The van der Waals surface area contributed by atoms with Gasteiger partial charge < -0.3 is 15.2 Å². The number of aryl methyl sites for hydroxylation is 1. The summed E-state index contributed by atoms with van der Waals surface area (Å²) in [6.07, 6.45) is 0. The molecule has 2 N–H and O–H groups in total. The Morgan fingerprint density at radius 1 is 1.20 bits per heavy atom. The van der Waals surface area contributed by atoms with E-state index in [9.17, 15) is 0 Å². The second-order valence-electron chi connectivity index (χ2n) is 3.13. The fraction of sp³-hybridized carbons (Fsp3) is 0.600. The van der Waals surface area contributed by atoms with Crippen LogP contribution in [0.15, 0.2) is 0 Å². The van der Waals surface area contributed by atoms with Gasteiger partial charge in [-0.25, -0.2) is 4.98 Å². The average molecular weight is 211 g/mol. The summed E-state index contributed by atoms with van der Waals surface area (Å²) in [5.41, 5.74) is 6.46. The molecule has 0 saturated carbocycles. The van der Waals surface area contributed by atoms with Crippen molar-refractivity contribution in [1.82, 2.24) is 9.97 Å². The number of nitrogen functional groups attached to an aromatic ring is 1. The molecule has 84 valence electrons. The lowest BCUT2D eigenvalue weighted by Gasteiger charge is -2.09. The Labute approximate surface area is 89.6 Å². The number of anilines is 1. The van der Waals surface area contributed by atoms with Gasteiger partial charge in [-0.2, -0.15) is 4.98 Å². The highest BCUT2D eigenvalue weighted by atomic mass is 16.5. The van der Waals surface area contributed by atoms with Crippen LogP contribution < -0.4 is 10.5 Å². The van der Waals surface area contributed by atoms with Gasteiger partial charge in [-0.15, -0.1) is 0 Å². The highest BCUT2D eigenvalue weighted by Crippen LogP contribution is 2.18. The van der Waals surface area contributed by atoms with Gasteiger partial charge in [-0.3, -0.25) is 0 Å². The van der Waals surface area contributed by atoms with E-state index in [0.717, 1.165) is 5.56 Å². The average Bonchev–Trinajstić information content (AvgIpc) is 2.19.